The van der Waals surface area contributed by atoms with Crippen molar-refractivity contribution in [3.05, 3.63) is 54.1 Å². The molecular formula is C30H42N2O5. The predicted molar refractivity (Wildman–Crippen MR) is 146 cm³/mol. The van der Waals surface area contributed by atoms with Gasteiger partial charge >= 0.3 is 0 Å². The van der Waals surface area contributed by atoms with E-state index in [1.165, 1.54) is 11.1 Å². The van der Waals surface area contributed by atoms with Gasteiger partial charge in [-0.1, -0.05) is 43.3 Å². The molecular weight excluding hydrogens is 468 g/mol. The lowest BCUT2D eigenvalue weighted by Gasteiger charge is -2.38. The van der Waals surface area contributed by atoms with E-state index in [4.69, 9.17) is 14.2 Å². The minimum atomic E-state index is 0.0771. The molecule has 0 amide bonds. The molecule has 1 unspecified atom stereocenters. The highest BCUT2D eigenvalue weighted by Crippen LogP contribution is 2.24. The highest BCUT2D eigenvalue weighted by Gasteiger charge is 2.21. The first kappa shape index (κ1) is 29.0. The maximum absolute atomic E-state index is 11.3. The second-order valence-electron chi connectivity index (χ2n) is 9.70. The number of hydrogen-bond acceptors (Lipinski definition) is 7. The first-order valence-corrected chi connectivity index (χ1v) is 13.4. The van der Waals surface area contributed by atoms with Crippen molar-refractivity contribution in [2.24, 2.45) is 0 Å². The standard InChI is InChI=1S/C30H42N2O5/c1-4-29(34)23-36-18-19-37-30-10-8-27(9-11-30)28-7-5-6-26(21-28)20-24(2)32-14-12-31(13-15-32)16-17-35-22-25(3)33/h5-11,21,24H,4,12-20,22-23H2,1-3H3. The van der Waals surface area contributed by atoms with E-state index in [1.807, 2.05) is 19.1 Å². The Hall–Kier alpha value is -2.58. The third-order valence-electron chi connectivity index (χ3n) is 6.69. The van der Waals surface area contributed by atoms with Crippen molar-refractivity contribution >= 4 is 11.6 Å². The Kier molecular flexibility index (Phi) is 12.2. The summed E-state index contributed by atoms with van der Waals surface area (Å²) >= 11 is 0. The van der Waals surface area contributed by atoms with E-state index in [0.717, 1.165) is 50.5 Å². The van der Waals surface area contributed by atoms with Gasteiger partial charge in [-0.3, -0.25) is 19.4 Å². The quantitative estimate of drug-likeness (QED) is 0.318. The van der Waals surface area contributed by atoms with Gasteiger partial charge in [-0.25, -0.2) is 0 Å². The number of piperazine rings is 1. The van der Waals surface area contributed by atoms with E-state index in [2.05, 4.69) is 53.1 Å². The van der Waals surface area contributed by atoms with Gasteiger partial charge in [0.2, 0.25) is 0 Å². The molecule has 0 aliphatic carbocycles. The van der Waals surface area contributed by atoms with Crippen LogP contribution in [0.3, 0.4) is 0 Å². The Balaban J connectivity index is 1.42. The van der Waals surface area contributed by atoms with Crippen LogP contribution < -0.4 is 4.74 Å². The van der Waals surface area contributed by atoms with Crippen LogP contribution in [0.5, 0.6) is 5.75 Å². The summed E-state index contributed by atoms with van der Waals surface area (Å²) < 4.78 is 16.5. The van der Waals surface area contributed by atoms with E-state index in [9.17, 15) is 9.59 Å². The molecule has 0 aromatic heterocycles. The fourth-order valence-corrected chi connectivity index (χ4v) is 4.44. The number of carbonyl (C=O) groups excluding carboxylic acids is 2. The summed E-state index contributed by atoms with van der Waals surface area (Å²) in [7, 11) is 0. The van der Waals surface area contributed by atoms with E-state index in [0.29, 0.717) is 32.3 Å². The molecule has 7 nitrogen and oxygen atoms in total. The van der Waals surface area contributed by atoms with Crippen molar-refractivity contribution in [2.45, 2.75) is 39.7 Å². The number of carbonyl (C=O) groups is 2. The monoisotopic (exact) mass is 510 g/mol. The van der Waals surface area contributed by atoms with Gasteiger partial charge in [0.1, 0.15) is 25.6 Å². The zero-order chi connectivity index (χ0) is 26.5. The van der Waals surface area contributed by atoms with E-state index >= 15 is 0 Å². The highest BCUT2D eigenvalue weighted by atomic mass is 16.5. The van der Waals surface area contributed by atoms with Crippen molar-refractivity contribution in [3.63, 3.8) is 0 Å². The summed E-state index contributed by atoms with van der Waals surface area (Å²) in [6.07, 6.45) is 1.51. The van der Waals surface area contributed by atoms with Gasteiger partial charge in [-0.15, -0.1) is 0 Å². The minimum absolute atomic E-state index is 0.0771. The first-order valence-electron chi connectivity index (χ1n) is 13.4. The number of ether oxygens (including phenoxy) is 3. The van der Waals surface area contributed by atoms with E-state index in [1.54, 1.807) is 6.92 Å². The average Bonchev–Trinajstić information content (AvgIpc) is 2.91. The topological polar surface area (TPSA) is 68.3 Å². The lowest BCUT2D eigenvalue weighted by atomic mass is 9.99. The average molecular weight is 511 g/mol. The second-order valence-corrected chi connectivity index (χ2v) is 9.70. The van der Waals surface area contributed by atoms with Crippen LogP contribution in [0.15, 0.2) is 48.5 Å². The van der Waals surface area contributed by atoms with Crippen LogP contribution in [-0.4, -0.2) is 93.2 Å². The number of hydrogen-bond donors (Lipinski definition) is 0. The molecule has 1 saturated heterocycles. The molecule has 2 aromatic rings. The van der Waals surface area contributed by atoms with Gasteiger partial charge in [0.05, 0.1) is 13.2 Å². The maximum Gasteiger partial charge on any atom is 0.158 e. The van der Waals surface area contributed by atoms with Crippen LogP contribution in [0.2, 0.25) is 0 Å². The molecule has 1 aliphatic heterocycles. The number of benzene rings is 2. The summed E-state index contributed by atoms with van der Waals surface area (Å²) in [6, 6.07) is 17.4. The Morgan fingerprint density at radius 1 is 0.892 bits per heavy atom. The van der Waals surface area contributed by atoms with Crippen LogP contribution in [-0.2, 0) is 25.5 Å². The van der Waals surface area contributed by atoms with Crippen LogP contribution in [0.4, 0.5) is 0 Å². The molecule has 1 heterocycles. The van der Waals surface area contributed by atoms with Crippen molar-refractivity contribution in [1.82, 2.24) is 9.80 Å². The smallest absolute Gasteiger partial charge is 0.158 e. The van der Waals surface area contributed by atoms with Crippen LogP contribution in [0, 0.1) is 0 Å². The second kappa shape index (κ2) is 15.6. The fourth-order valence-electron chi connectivity index (χ4n) is 4.44. The molecule has 1 fully saturated rings. The van der Waals surface area contributed by atoms with E-state index in [-0.39, 0.29) is 24.8 Å². The SMILES string of the molecule is CCC(=O)COCCOc1ccc(-c2cccc(CC(C)N3CCN(CCOCC(C)=O)CC3)c2)cc1. The fraction of sp³-hybridized carbons (Fsp3) is 0.533. The van der Waals surface area contributed by atoms with Gasteiger partial charge in [-0.05, 0) is 49.1 Å². The number of nitrogens with zero attached hydrogens (tertiary/aromatic N) is 2. The third kappa shape index (κ3) is 10.4. The van der Waals surface area contributed by atoms with Gasteiger partial charge in [0, 0.05) is 45.2 Å². The molecule has 7 heteroatoms. The van der Waals surface area contributed by atoms with E-state index < -0.39 is 0 Å². The van der Waals surface area contributed by atoms with Crippen molar-refractivity contribution in [2.75, 3.05) is 65.8 Å². The Morgan fingerprint density at radius 2 is 1.62 bits per heavy atom. The molecule has 2 aromatic carbocycles. The summed E-state index contributed by atoms with van der Waals surface area (Å²) in [5.41, 5.74) is 3.70. The maximum atomic E-state index is 11.3. The zero-order valence-electron chi connectivity index (χ0n) is 22.6. The molecule has 0 bridgehead atoms. The summed E-state index contributed by atoms with van der Waals surface area (Å²) in [5.74, 6) is 0.976. The first-order chi connectivity index (χ1) is 17.9. The summed E-state index contributed by atoms with van der Waals surface area (Å²) in [6.45, 7) is 12.6. The largest absolute Gasteiger partial charge is 0.491 e. The normalized spacial score (nSPS) is 15.4. The minimum Gasteiger partial charge on any atom is -0.491 e. The highest BCUT2D eigenvalue weighted by molar-refractivity contribution is 5.79. The zero-order valence-corrected chi connectivity index (χ0v) is 22.6. The van der Waals surface area contributed by atoms with Gasteiger partial charge in [0.25, 0.3) is 0 Å². The van der Waals surface area contributed by atoms with Crippen LogP contribution in [0.1, 0.15) is 32.8 Å². The summed E-state index contributed by atoms with van der Waals surface area (Å²) in [5, 5.41) is 0. The number of ketones is 2. The Morgan fingerprint density at radius 3 is 2.32 bits per heavy atom. The van der Waals surface area contributed by atoms with Gasteiger partial charge in [0.15, 0.2) is 11.6 Å². The molecule has 202 valence electrons. The number of Topliss-reactive ketones (excluding diaryl/α,β-unsaturated/α-hetero) is 2. The third-order valence-corrected chi connectivity index (χ3v) is 6.69. The predicted octanol–water partition coefficient (Wildman–Crippen LogP) is 3.88. The molecule has 37 heavy (non-hydrogen) atoms. The number of rotatable bonds is 16. The van der Waals surface area contributed by atoms with Gasteiger partial charge in [-0.2, -0.15) is 0 Å². The lowest BCUT2D eigenvalue weighted by Crippen LogP contribution is -2.50. The van der Waals surface area contributed by atoms with Crippen molar-refractivity contribution in [1.29, 1.82) is 0 Å². The Bertz CT molecular complexity index is 970. The molecule has 0 saturated carbocycles. The molecule has 0 radical (unpaired) electrons. The molecule has 1 atom stereocenters. The molecule has 0 spiro atoms. The summed E-state index contributed by atoms with van der Waals surface area (Å²) in [4.78, 5) is 27.2. The van der Waals surface area contributed by atoms with Crippen molar-refractivity contribution < 1.29 is 23.8 Å². The van der Waals surface area contributed by atoms with Crippen LogP contribution >= 0.6 is 0 Å². The Labute approximate surface area is 221 Å². The lowest BCUT2D eigenvalue weighted by molar-refractivity contribution is -0.123. The van der Waals surface area contributed by atoms with Crippen molar-refractivity contribution in [3.8, 4) is 16.9 Å². The molecule has 0 N–H and O–H groups in total. The molecule has 3 rings (SSSR count). The van der Waals surface area contributed by atoms with Gasteiger partial charge < -0.3 is 14.2 Å². The van der Waals surface area contributed by atoms with Crippen LogP contribution in [0.25, 0.3) is 11.1 Å². The molecule has 1 aliphatic rings.